The van der Waals surface area contributed by atoms with Crippen molar-refractivity contribution in [3.63, 3.8) is 0 Å². The second-order valence-electron chi connectivity index (χ2n) is 11.9. The highest BCUT2D eigenvalue weighted by Gasteiger charge is 2.71. The van der Waals surface area contributed by atoms with Gasteiger partial charge in [-0.1, -0.05) is 63.0 Å². The Hall–Kier alpha value is -0.122. The summed E-state index contributed by atoms with van der Waals surface area (Å²) >= 11 is 6.64. The Morgan fingerprint density at radius 2 is 1.66 bits per heavy atom. The average Bonchev–Trinajstić information content (AvgIpc) is 2.67. The molecule has 0 amide bonds. The smallest absolute Gasteiger partial charge is 0.184 e. The Kier molecular flexibility index (Phi) is 6.07. The maximum atomic E-state index is 7.58. The lowest BCUT2D eigenvalue weighted by Gasteiger charge is -2.65. The molecular formula is C22H39ClO2Si4. The first-order valence-corrected chi connectivity index (χ1v) is 25.9. The van der Waals surface area contributed by atoms with Crippen LogP contribution in [0.1, 0.15) is 12.0 Å². The summed E-state index contributed by atoms with van der Waals surface area (Å²) in [5.41, 5.74) is 1.27. The molecule has 0 fully saturated rings. The van der Waals surface area contributed by atoms with Gasteiger partial charge in [0.15, 0.2) is 8.32 Å². The van der Waals surface area contributed by atoms with Crippen LogP contribution in [0.15, 0.2) is 30.4 Å². The molecular weight excluding hydrogens is 444 g/mol. The minimum absolute atomic E-state index is 0.224. The summed E-state index contributed by atoms with van der Waals surface area (Å²) in [7, 11) is -6.99. The van der Waals surface area contributed by atoms with Crippen molar-refractivity contribution in [2.24, 2.45) is 5.92 Å². The van der Waals surface area contributed by atoms with E-state index in [1.165, 1.54) is 11.6 Å². The standard InChI is InChI=1S/C22H39ClO2Si4/c1-26(2,3)25-22-18(14-15-24-21-13-12-19(23)17-20(21)22)11-10-16-29(22,27(4,5)6)28(7,8)9/h10-13,17-18H,14-16H2,1-9H3. The molecule has 0 saturated carbocycles. The zero-order valence-corrected chi connectivity index (χ0v) is 24.5. The quantitative estimate of drug-likeness (QED) is 0.334. The lowest BCUT2D eigenvalue weighted by Crippen LogP contribution is -2.84. The zero-order chi connectivity index (χ0) is 21.9. The first-order chi connectivity index (χ1) is 13.2. The Balaban J connectivity index is 2.52. The maximum absolute atomic E-state index is 7.58. The van der Waals surface area contributed by atoms with Gasteiger partial charge in [0.1, 0.15) is 5.75 Å². The highest BCUT2D eigenvalue weighted by atomic mass is 35.5. The Morgan fingerprint density at radius 3 is 2.21 bits per heavy atom. The summed E-state index contributed by atoms with van der Waals surface area (Å²) < 4.78 is 13.9. The van der Waals surface area contributed by atoms with E-state index in [2.05, 4.69) is 83.2 Å². The SMILES string of the molecule is C[Si](C)(C)OC12c3cc(Cl)ccc3OCCC1C=CC[Si]2([Si](C)(C)C)[Si](C)(C)C. The van der Waals surface area contributed by atoms with Crippen LogP contribution in [0.2, 0.25) is 70.0 Å². The topological polar surface area (TPSA) is 18.5 Å². The van der Waals surface area contributed by atoms with Crippen LogP contribution in [-0.4, -0.2) is 37.2 Å². The molecule has 162 valence electrons. The van der Waals surface area contributed by atoms with Crippen molar-refractivity contribution in [1.29, 1.82) is 0 Å². The molecule has 2 heterocycles. The number of hydrogen-bond acceptors (Lipinski definition) is 2. The largest absolute Gasteiger partial charge is 0.493 e. The van der Waals surface area contributed by atoms with E-state index in [1.807, 2.05) is 6.07 Å². The van der Waals surface area contributed by atoms with Crippen molar-refractivity contribution in [3.8, 4) is 5.75 Å². The third-order valence-corrected chi connectivity index (χ3v) is 48.7. The molecule has 2 atom stereocenters. The molecule has 1 aromatic carbocycles. The lowest BCUT2D eigenvalue weighted by molar-refractivity contribution is 0.0888. The number of halogens is 1. The van der Waals surface area contributed by atoms with Gasteiger partial charge < -0.3 is 9.16 Å². The van der Waals surface area contributed by atoms with Crippen LogP contribution < -0.4 is 4.74 Å². The molecule has 0 N–H and O–H groups in total. The van der Waals surface area contributed by atoms with Crippen molar-refractivity contribution < 1.29 is 9.16 Å². The fourth-order valence-corrected chi connectivity index (χ4v) is 58.5. The van der Waals surface area contributed by atoms with Gasteiger partial charge in [-0.15, -0.1) is 0 Å². The van der Waals surface area contributed by atoms with Gasteiger partial charge in [-0.25, -0.2) is 0 Å². The highest BCUT2D eigenvalue weighted by molar-refractivity contribution is 7.69. The normalized spacial score (nSPS) is 26.9. The van der Waals surface area contributed by atoms with Gasteiger partial charge in [0.25, 0.3) is 0 Å². The van der Waals surface area contributed by atoms with Crippen LogP contribution in [0.3, 0.4) is 0 Å². The van der Waals surface area contributed by atoms with Crippen molar-refractivity contribution >= 4 is 42.2 Å². The van der Waals surface area contributed by atoms with Gasteiger partial charge in [-0.2, -0.15) is 0 Å². The molecule has 3 rings (SSSR count). The van der Waals surface area contributed by atoms with Crippen LogP contribution in [0.4, 0.5) is 0 Å². The minimum Gasteiger partial charge on any atom is -0.493 e. The Labute approximate surface area is 186 Å². The molecule has 2 nitrogen and oxygen atoms in total. The third kappa shape index (κ3) is 3.72. The maximum Gasteiger partial charge on any atom is 0.184 e. The van der Waals surface area contributed by atoms with Crippen LogP contribution >= 0.6 is 11.6 Å². The average molecular weight is 483 g/mol. The second kappa shape index (κ2) is 7.48. The second-order valence-corrected chi connectivity index (χ2v) is 44.3. The van der Waals surface area contributed by atoms with Crippen molar-refractivity contribution in [2.75, 3.05) is 6.61 Å². The summed E-state index contributed by atoms with van der Waals surface area (Å²) in [6.45, 7) is 23.6. The molecule has 2 aliphatic rings. The fourth-order valence-electron chi connectivity index (χ4n) is 6.51. The van der Waals surface area contributed by atoms with Gasteiger partial charge in [0, 0.05) is 31.7 Å². The molecule has 0 bridgehead atoms. The monoisotopic (exact) mass is 482 g/mol. The Morgan fingerprint density at radius 1 is 1.03 bits per heavy atom. The lowest BCUT2D eigenvalue weighted by atomic mass is 9.91. The minimum atomic E-state index is -1.95. The molecule has 0 aromatic heterocycles. The first-order valence-electron chi connectivity index (χ1n) is 11.0. The van der Waals surface area contributed by atoms with Crippen molar-refractivity contribution in [2.45, 2.75) is 76.6 Å². The first kappa shape index (κ1) is 23.5. The molecule has 7 heteroatoms. The van der Waals surface area contributed by atoms with Gasteiger partial charge in [-0.05, 0) is 50.3 Å². The molecule has 0 radical (unpaired) electrons. The number of ether oxygens (including phenoxy) is 1. The summed E-state index contributed by atoms with van der Waals surface area (Å²) in [5, 5.41) is 0.577. The van der Waals surface area contributed by atoms with Crippen LogP contribution in [0, 0.1) is 5.92 Å². The number of benzene rings is 1. The van der Waals surface area contributed by atoms with Gasteiger partial charge in [-0.3, -0.25) is 0 Å². The van der Waals surface area contributed by atoms with Crippen LogP contribution in [0.25, 0.3) is 0 Å². The van der Waals surface area contributed by atoms with E-state index in [0.717, 1.165) is 23.8 Å². The molecule has 0 saturated heterocycles. The predicted molar refractivity (Wildman–Crippen MR) is 138 cm³/mol. The summed E-state index contributed by atoms with van der Waals surface area (Å²) in [5.74, 6) is 1.40. The number of fused-ring (bicyclic) bond motifs is 3. The predicted octanol–water partition coefficient (Wildman–Crippen LogP) is 7.18. The van der Waals surface area contributed by atoms with E-state index >= 15 is 0 Å². The van der Waals surface area contributed by atoms with E-state index < -0.39 is 30.6 Å². The molecule has 1 aromatic rings. The van der Waals surface area contributed by atoms with E-state index in [9.17, 15) is 0 Å². The van der Waals surface area contributed by atoms with E-state index in [4.69, 9.17) is 20.8 Å². The van der Waals surface area contributed by atoms with Gasteiger partial charge in [0.2, 0.25) is 0 Å². The van der Waals surface area contributed by atoms with Crippen LogP contribution in [-0.2, 0) is 9.65 Å². The number of hydrogen-bond donors (Lipinski definition) is 0. The fraction of sp³-hybridized carbons (Fsp3) is 0.636. The van der Waals surface area contributed by atoms with Crippen molar-refractivity contribution in [1.82, 2.24) is 0 Å². The molecule has 0 spiro atoms. The van der Waals surface area contributed by atoms with Gasteiger partial charge >= 0.3 is 0 Å². The molecule has 2 aliphatic heterocycles. The highest BCUT2D eigenvalue weighted by Crippen LogP contribution is 2.59. The Bertz CT molecular complexity index is 791. The zero-order valence-electron chi connectivity index (χ0n) is 19.8. The third-order valence-electron chi connectivity index (χ3n) is 7.00. The van der Waals surface area contributed by atoms with Gasteiger partial charge in [0.05, 0.1) is 18.9 Å². The summed E-state index contributed by atoms with van der Waals surface area (Å²) in [4.78, 5) is 0. The van der Waals surface area contributed by atoms with E-state index in [-0.39, 0.29) is 5.22 Å². The summed E-state index contributed by atoms with van der Waals surface area (Å²) in [6.07, 6.45) is 6.04. The number of rotatable bonds is 4. The van der Waals surface area contributed by atoms with E-state index in [1.54, 1.807) is 0 Å². The molecule has 0 aliphatic carbocycles. The van der Waals surface area contributed by atoms with Crippen LogP contribution in [0.5, 0.6) is 5.75 Å². The van der Waals surface area contributed by atoms with Crippen molar-refractivity contribution in [3.05, 3.63) is 40.9 Å². The molecule has 29 heavy (non-hydrogen) atoms. The van der Waals surface area contributed by atoms with E-state index in [0.29, 0.717) is 5.92 Å². The summed E-state index contributed by atoms with van der Waals surface area (Å²) in [6, 6.07) is 7.52. The number of allylic oxidation sites excluding steroid dienone is 1. The molecule has 2 unspecified atom stereocenters.